The predicted molar refractivity (Wildman–Crippen MR) is 143 cm³/mol. The minimum Gasteiger partial charge on any atom is -0.494 e. The van der Waals surface area contributed by atoms with Gasteiger partial charge >= 0.3 is 0 Å². The minimum atomic E-state index is -0.761. The zero-order valence-corrected chi connectivity index (χ0v) is 22.1. The summed E-state index contributed by atoms with van der Waals surface area (Å²) < 4.78 is 22.8. The van der Waals surface area contributed by atoms with E-state index in [1.807, 2.05) is 18.4 Å². The van der Waals surface area contributed by atoms with Crippen LogP contribution in [-0.4, -0.2) is 27.6 Å². The molecule has 10 heteroatoms. The summed E-state index contributed by atoms with van der Waals surface area (Å²) in [6, 6.07) is 16.3. The number of nitriles is 2. The molecule has 0 radical (unpaired) electrons. The molecule has 0 saturated heterocycles. The second-order valence-corrected chi connectivity index (χ2v) is 9.64. The molecular formula is C29H22ClFN6O2. The van der Waals surface area contributed by atoms with E-state index in [2.05, 4.69) is 17.1 Å². The van der Waals surface area contributed by atoms with Gasteiger partial charge in [0.15, 0.2) is 11.5 Å². The number of hydrogen-bond donors (Lipinski definition) is 0. The van der Waals surface area contributed by atoms with Crippen molar-refractivity contribution in [2.24, 2.45) is 0 Å². The van der Waals surface area contributed by atoms with Crippen molar-refractivity contribution in [2.75, 3.05) is 12.0 Å². The molecule has 2 aromatic carbocycles. The van der Waals surface area contributed by atoms with E-state index >= 15 is 4.39 Å². The number of carbonyl (C=O) groups excluding carboxylic acids is 1. The van der Waals surface area contributed by atoms with Crippen LogP contribution >= 0.6 is 11.6 Å². The number of imidazole rings is 1. The Morgan fingerprint density at radius 2 is 1.92 bits per heavy atom. The third-order valence-corrected chi connectivity index (χ3v) is 6.89. The number of benzene rings is 2. The van der Waals surface area contributed by atoms with Crippen LogP contribution in [0.1, 0.15) is 58.9 Å². The first-order chi connectivity index (χ1) is 18.8. The Hall–Kier alpha value is -4.73. The van der Waals surface area contributed by atoms with Crippen molar-refractivity contribution in [3.05, 3.63) is 93.8 Å². The van der Waals surface area contributed by atoms with E-state index in [0.29, 0.717) is 39.7 Å². The number of anilines is 1. The summed E-state index contributed by atoms with van der Waals surface area (Å²) >= 11 is 6.11. The van der Waals surface area contributed by atoms with Crippen LogP contribution in [0.2, 0.25) is 5.02 Å². The predicted octanol–water partition coefficient (Wildman–Crippen LogP) is 6.01. The lowest BCUT2D eigenvalue weighted by atomic mass is 10.0. The number of carbonyl (C=O) groups is 1. The fourth-order valence-electron chi connectivity index (χ4n) is 4.91. The average Bonchev–Trinajstić information content (AvgIpc) is 3.45. The highest BCUT2D eigenvalue weighted by atomic mass is 35.5. The number of rotatable bonds is 6. The van der Waals surface area contributed by atoms with Gasteiger partial charge in [0.2, 0.25) is 0 Å². The van der Waals surface area contributed by atoms with Crippen molar-refractivity contribution in [3.8, 4) is 29.3 Å². The molecule has 194 valence electrons. The molecule has 39 heavy (non-hydrogen) atoms. The van der Waals surface area contributed by atoms with Gasteiger partial charge in [-0.3, -0.25) is 14.7 Å². The van der Waals surface area contributed by atoms with Crippen LogP contribution in [0.3, 0.4) is 0 Å². The summed E-state index contributed by atoms with van der Waals surface area (Å²) in [4.78, 5) is 24.4. The summed E-state index contributed by atoms with van der Waals surface area (Å²) in [7, 11) is 1.51. The van der Waals surface area contributed by atoms with E-state index in [-0.39, 0.29) is 28.9 Å². The SMILES string of the molecule is COc1cnc(CC#N)cc1-c1nc2c(n1C(C)C)C(c1ccc(C#N)cc1)N(c1cccc(Cl)c1F)C2=O. The Morgan fingerprint density at radius 1 is 1.18 bits per heavy atom. The molecule has 0 bridgehead atoms. The highest BCUT2D eigenvalue weighted by Crippen LogP contribution is 2.46. The number of hydrogen-bond acceptors (Lipinski definition) is 6. The van der Waals surface area contributed by atoms with Gasteiger partial charge in [0.1, 0.15) is 17.6 Å². The first-order valence-corrected chi connectivity index (χ1v) is 12.5. The van der Waals surface area contributed by atoms with E-state index in [0.717, 1.165) is 0 Å². The van der Waals surface area contributed by atoms with E-state index in [9.17, 15) is 15.3 Å². The molecule has 0 spiro atoms. The molecule has 0 saturated carbocycles. The molecule has 1 aliphatic rings. The van der Waals surface area contributed by atoms with Crippen molar-refractivity contribution in [2.45, 2.75) is 32.4 Å². The molecule has 0 N–H and O–H groups in total. The molecule has 1 unspecified atom stereocenters. The molecule has 1 aliphatic heterocycles. The monoisotopic (exact) mass is 540 g/mol. The van der Waals surface area contributed by atoms with Gasteiger partial charge < -0.3 is 9.30 Å². The number of nitrogens with zero attached hydrogens (tertiary/aromatic N) is 6. The van der Waals surface area contributed by atoms with Crippen LogP contribution in [0.4, 0.5) is 10.1 Å². The smallest absolute Gasteiger partial charge is 0.279 e. The Bertz CT molecular complexity index is 1680. The van der Waals surface area contributed by atoms with Gasteiger partial charge in [-0.2, -0.15) is 10.5 Å². The summed E-state index contributed by atoms with van der Waals surface area (Å²) in [6.45, 7) is 3.91. The number of aromatic nitrogens is 3. The highest BCUT2D eigenvalue weighted by Gasteiger charge is 2.45. The van der Waals surface area contributed by atoms with E-state index in [4.69, 9.17) is 21.3 Å². The first kappa shape index (κ1) is 25.9. The van der Waals surface area contributed by atoms with Crippen molar-refractivity contribution in [1.82, 2.24) is 14.5 Å². The number of pyridine rings is 1. The number of ether oxygens (including phenoxy) is 1. The Morgan fingerprint density at radius 3 is 2.56 bits per heavy atom. The minimum absolute atomic E-state index is 0.0227. The van der Waals surface area contributed by atoms with Gasteiger partial charge in [0.25, 0.3) is 5.91 Å². The molecule has 4 aromatic rings. The lowest BCUT2D eigenvalue weighted by Crippen LogP contribution is -2.31. The quantitative estimate of drug-likeness (QED) is 0.296. The standard InChI is InChI=1S/C29H22ClFN6O2/c1-16(2)36-27-25(35-28(36)20-13-19(11-12-32)34-15-23(20)39-3)29(38)37(22-6-4-5-21(30)24(22)31)26(27)18-9-7-17(14-33)8-10-18/h4-10,13,15-16,26H,11H2,1-3H3. The molecule has 5 rings (SSSR count). The largest absolute Gasteiger partial charge is 0.494 e. The third-order valence-electron chi connectivity index (χ3n) is 6.59. The molecule has 0 aliphatic carbocycles. The highest BCUT2D eigenvalue weighted by molar-refractivity contribution is 6.31. The van der Waals surface area contributed by atoms with Crippen LogP contribution in [0, 0.1) is 28.5 Å². The maximum Gasteiger partial charge on any atom is 0.279 e. The molecule has 1 atom stereocenters. The van der Waals surface area contributed by atoms with Crippen molar-refractivity contribution < 1.29 is 13.9 Å². The number of methoxy groups -OCH3 is 1. The average molecular weight is 541 g/mol. The first-order valence-electron chi connectivity index (χ1n) is 12.1. The van der Waals surface area contributed by atoms with Crippen LogP contribution in [0.25, 0.3) is 11.4 Å². The van der Waals surface area contributed by atoms with Crippen molar-refractivity contribution in [1.29, 1.82) is 10.5 Å². The zero-order valence-electron chi connectivity index (χ0n) is 21.3. The van der Waals surface area contributed by atoms with E-state index in [1.54, 1.807) is 36.4 Å². The third kappa shape index (κ3) is 4.27. The van der Waals surface area contributed by atoms with Crippen LogP contribution in [-0.2, 0) is 6.42 Å². The maximum absolute atomic E-state index is 15.3. The van der Waals surface area contributed by atoms with E-state index < -0.39 is 17.8 Å². The van der Waals surface area contributed by atoms with E-state index in [1.165, 1.54) is 30.3 Å². The summed E-state index contributed by atoms with van der Waals surface area (Å²) in [5, 5.41) is 18.4. The molecule has 3 heterocycles. The van der Waals surface area contributed by atoms with Gasteiger partial charge in [-0.25, -0.2) is 9.37 Å². The topological polar surface area (TPSA) is 108 Å². The Labute approximate surface area is 229 Å². The number of amides is 1. The molecule has 2 aromatic heterocycles. The maximum atomic E-state index is 15.3. The second kappa shape index (κ2) is 10.2. The lowest BCUT2D eigenvalue weighted by Gasteiger charge is -2.29. The van der Waals surface area contributed by atoms with Gasteiger partial charge in [0.05, 0.1) is 65.1 Å². The zero-order chi connectivity index (χ0) is 27.8. The van der Waals surface area contributed by atoms with Crippen LogP contribution in [0.5, 0.6) is 5.75 Å². The van der Waals surface area contributed by atoms with Gasteiger partial charge in [0, 0.05) is 6.04 Å². The Kier molecular flexibility index (Phi) is 6.78. The summed E-state index contributed by atoms with van der Waals surface area (Å²) in [5.74, 6) is -0.315. The molecular weight excluding hydrogens is 519 g/mol. The summed E-state index contributed by atoms with van der Waals surface area (Å²) in [6.07, 6.45) is 1.62. The number of fused-ring (bicyclic) bond motifs is 1. The number of halogens is 2. The van der Waals surface area contributed by atoms with Gasteiger partial charge in [-0.15, -0.1) is 0 Å². The van der Waals surface area contributed by atoms with Gasteiger partial charge in [-0.05, 0) is 49.7 Å². The van der Waals surface area contributed by atoms with Crippen molar-refractivity contribution in [3.63, 3.8) is 0 Å². The molecule has 0 fully saturated rings. The molecule has 1 amide bonds. The summed E-state index contributed by atoms with van der Waals surface area (Å²) in [5.41, 5.74) is 2.98. The van der Waals surface area contributed by atoms with Crippen LogP contribution in [0.15, 0.2) is 54.7 Å². The lowest BCUT2D eigenvalue weighted by molar-refractivity contribution is 0.0988. The normalized spacial score (nSPS) is 14.3. The second-order valence-electron chi connectivity index (χ2n) is 9.23. The van der Waals surface area contributed by atoms with Gasteiger partial charge in [-0.1, -0.05) is 29.8 Å². The molecule has 8 nitrogen and oxygen atoms in total. The fraction of sp³-hybridized carbons (Fsp3) is 0.207. The van der Waals surface area contributed by atoms with Crippen LogP contribution < -0.4 is 9.64 Å². The van der Waals surface area contributed by atoms with Crippen molar-refractivity contribution >= 4 is 23.2 Å². The fourth-order valence-corrected chi connectivity index (χ4v) is 5.07. The Balaban J connectivity index is 1.80.